The normalized spacial score (nSPS) is 14.2. The molecule has 4 aromatic carbocycles. The van der Waals surface area contributed by atoms with Gasteiger partial charge in [-0.15, -0.1) is 0 Å². The van der Waals surface area contributed by atoms with Crippen LogP contribution in [0.15, 0.2) is 72.8 Å². The molecule has 0 radical (unpaired) electrons. The quantitative estimate of drug-likeness (QED) is 0.258. The van der Waals surface area contributed by atoms with E-state index in [0.29, 0.717) is 32.3 Å². The van der Waals surface area contributed by atoms with Crippen molar-refractivity contribution >= 4 is 57.6 Å². The Morgan fingerprint density at radius 2 is 0.825 bits per heavy atom. The minimum atomic E-state index is -0.528. The monoisotopic (exact) mass is 574 g/mol. The predicted molar refractivity (Wildman–Crippen MR) is 149 cm³/mol. The summed E-state index contributed by atoms with van der Waals surface area (Å²) in [5.74, 6) is -1.23. The third-order valence-corrected chi connectivity index (χ3v) is 7.51. The maximum atomic E-state index is 13.4. The number of hydrogen-bond acceptors (Lipinski definition) is 6. The van der Waals surface area contributed by atoms with Gasteiger partial charge in [0.25, 0.3) is 23.6 Å². The Balaban J connectivity index is 1.25. The van der Waals surface area contributed by atoms with Gasteiger partial charge in [-0.3, -0.25) is 29.0 Å². The van der Waals surface area contributed by atoms with Crippen molar-refractivity contribution in [3.63, 3.8) is 0 Å². The van der Waals surface area contributed by atoms with Gasteiger partial charge in [0.15, 0.2) is 0 Å². The second-order valence-electron chi connectivity index (χ2n) is 9.15. The smallest absolute Gasteiger partial charge is 0.261 e. The van der Waals surface area contributed by atoms with Crippen LogP contribution >= 0.6 is 23.2 Å². The molecule has 2 heterocycles. The number of para-hydroxylation sites is 2. The first-order valence-corrected chi connectivity index (χ1v) is 13.2. The number of carbonyl (C=O) groups is 4. The minimum Gasteiger partial charge on any atom is -0.490 e. The van der Waals surface area contributed by atoms with E-state index in [0.717, 1.165) is 9.80 Å². The SMILES string of the molecule is O=C1c2ccc3c4c(ccc(c24)C(=O)N1CCOc1ccccc1Cl)C(=O)N(CCOc1ccccc1Cl)C3=O. The van der Waals surface area contributed by atoms with Gasteiger partial charge in [0.05, 0.1) is 23.1 Å². The predicted octanol–water partition coefficient (Wildman–Crippen LogP) is 5.50. The van der Waals surface area contributed by atoms with Crippen molar-refractivity contribution in [2.24, 2.45) is 0 Å². The Kier molecular flexibility index (Phi) is 6.65. The van der Waals surface area contributed by atoms with Crippen LogP contribution in [0.5, 0.6) is 11.5 Å². The zero-order valence-corrected chi connectivity index (χ0v) is 22.4. The van der Waals surface area contributed by atoms with Gasteiger partial charge >= 0.3 is 0 Å². The molecule has 6 rings (SSSR count). The lowest BCUT2D eigenvalue weighted by Crippen LogP contribution is -2.45. The highest BCUT2D eigenvalue weighted by Crippen LogP contribution is 2.38. The van der Waals surface area contributed by atoms with Gasteiger partial charge in [0, 0.05) is 33.0 Å². The average molecular weight is 575 g/mol. The number of nitrogens with zero attached hydrogens (tertiary/aromatic N) is 2. The summed E-state index contributed by atoms with van der Waals surface area (Å²) in [5, 5.41) is 1.45. The number of amides is 4. The van der Waals surface area contributed by atoms with E-state index in [-0.39, 0.29) is 48.6 Å². The fraction of sp³-hybridized carbons (Fsp3) is 0.133. The first kappa shape index (κ1) is 25.9. The summed E-state index contributed by atoms with van der Waals surface area (Å²) in [6, 6.07) is 19.9. The molecule has 0 bridgehead atoms. The van der Waals surface area contributed by atoms with Crippen LogP contribution < -0.4 is 9.47 Å². The Morgan fingerprint density at radius 1 is 0.500 bits per heavy atom. The molecule has 0 fully saturated rings. The standard InChI is InChI=1S/C30H20Cl2N2O6/c31-21-5-1-3-7-23(21)39-15-13-33-27(35)17-9-11-19-26-20(12-10-18(25(17)26)28(33)36)30(38)34(29(19)37)14-16-40-24-8-4-2-6-22(24)32/h1-12H,13-16H2. The second kappa shape index (κ2) is 10.3. The Hall–Kier alpha value is -4.40. The van der Waals surface area contributed by atoms with E-state index < -0.39 is 23.6 Å². The molecule has 10 heteroatoms. The topological polar surface area (TPSA) is 93.2 Å². The molecule has 0 aromatic heterocycles. The molecular weight excluding hydrogens is 555 g/mol. The largest absolute Gasteiger partial charge is 0.490 e. The number of rotatable bonds is 8. The maximum Gasteiger partial charge on any atom is 0.261 e. The lowest BCUT2D eigenvalue weighted by Gasteiger charge is -2.31. The summed E-state index contributed by atoms with van der Waals surface area (Å²) in [6.07, 6.45) is 0. The molecule has 0 spiro atoms. The van der Waals surface area contributed by atoms with Gasteiger partial charge in [-0.1, -0.05) is 47.5 Å². The van der Waals surface area contributed by atoms with Crippen LogP contribution in [0.25, 0.3) is 10.8 Å². The molecule has 200 valence electrons. The molecule has 4 aromatic rings. The number of carbonyl (C=O) groups excluding carboxylic acids is 4. The number of hydrogen-bond donors (Lipinski definition) is 0. The summed E-state index contributed by atoms with van der Waals surface area (Å²) in [4.78, 5) is 55.8. The highest BCUT2D eigenvalue weighted by atomic mass is 35.5. The summed E-state index contributed by atoms with van der Waals surface area (Å²) in [6.45, 7) is 0.0604. The molecule has 4 amide bonds. The van der Waals surface area contributed by atoms with Crippen LogP contribution in [-0.4, -0.2) is 59.7 Å². The number of ether oxygens (including phenoxy) is 2. The third-order valence-electron chi connectivity index (χ3n) is 6.88. The Labute approximate surface area is 238 Å². The summed E-state index contributed by atoms with van der Waals surface area (Å²) in [7, 11) is 0. The molecule has 40 heavy (non-hydrogen) atoms. The van der Waals surface area contributed by atoms with E-state index in [2.05, 4.69) is 0 Å². The fourth-order valence-corrected chi connectivity index (χ4v) is 5.38. The van der Waals surface area contributed by atoms with E-state index in [1.165, 1.54) is 24.3 Å². The minimum absolute atomic E-state index is 0.00953. The van der Waals surface area contributed by atoms with Crippen molar-refractivity contribution in [1.29, 1.82) is 0 Å². The fourth-order valence-electron chi connectivity index (χ4n) is 5.00. The molecule has 0 saturated heterocycles. The molecule has 0 aliphatic carbocycles. The molecule has 0 saturated carbocycles. The lowest BCUT2D eigenvalue weighted by molar-refractivity contribution is 0.0567. The van der Waals surface area contributed by atoms with E-state index >= 15 is 0 Å². The first-order valence-electron chi connectivity index (χ1n) is 12.4. The third kappa shape index (κ3) is 4.26. The van der Waals surface area contributed by atoms with Gasteiger partial charge < -0.3 is 9.47 Å². The molecule has 0 unspecified atom stereocenters. The summed E-state index contributed by atoms with van der Waals surface area (Å²) >= 11 is 12.3. The molecule has 8 nitrogen and oxygen atoms in total. The van der Waals surface area contributed by atoms with Crippen molar-refractivity contribution in [2.45, 2.75) is 0 Å². The van der Waals surface area contributed by atoms with E-state index in [9.17, 15) is 19.2 Å². The van der Waals surface area contributed by atoms with Gasteiger partial charge in [-0.05, 0) is 48.5 Å². The van der Waals surface area contributed by atoms with E-state index in [1.54, 1.807) is 48.5 Å². The van der Waals surface area contributed by atoms with Crippen LogP contribution in [0.1, 0.15) is 41.4 Å². The lowest BCUT2D eigenvalue weighted by atomic mass is 9.86. The van der Waals surface area contributed by atoms with Crippen molar-refractivity contribution in [3.8, 4) is 11.5 Å². The average Bonchev–Trinajstić information content (AvgIpc) is 2.96. The van der Waals surface area contributed by atoms with Crippen LogP contribution in [0, 0.1) is 0 Å². The van der Waals surface area contributed by atoms with Crippen molar-refractivity contribution in [3.05, 3.63) is 105 Å². The van der Waals surface area contributed by atoms with Gasteiger partial charge in [0.2, 0.25) is 0 Å². The molecule has 0 N–H and O–H groups in total. The molecule has 2 aliphatic heterocycles. The highest BCUT2D eigenvalue weighted by Gasteiger charge is 2.39. The first-order chi connectivity index (χ1) is 19.4. The van der Waals surface area contributed by atoms with Crippen LogP contribution in [0.3, 0.4) is 0 Å². The summed E-state index contributed by atoms with van der Waals surface area (Å²) in [5.41, 5.74) is 0.959. The van der Waals surface area contributed by atoms with Crippen LogP contribution in [0.2, 0.25) is 10.0 Å². The summed E-state index contributed by atoms with van der Waals surface area (Å²) < 4.78 is 11.4. The van der Waals surface area contributed by atoms with Crippen molar-refractivity contribution in [2.75, 3.05) is 26.3 Å². The van der Waals surface area contributed by atoms with E-state index in [4.69, 9.17) is 32.7 Å². The van der Waals surface area contributed by atoms with Crippen LogP contribution in [0.4, 0.5) is 0 Å². The number of benzene rings is 4. The molecule has 0 atom stereocenters. The van der Waals surface area contributed by atoms with Crippen molar-refractivity contribution in [1.82, 2.24) is 9.80 Å². The molecular formula is C30H20Cl2N2O6. The maximum absolute atomic E-state index is 13.4. The number of halogens is 2. The zero-order chi connectivity index (χ0) is 28.0. The Bertz CT molecular complexity index is 1540. The number of imide groups is 2. The molecule has 2 aliphatic rings. The zero-order valence-electron chi connectivity index (χ0n) is 20.9. The van der Waals surface area contributed by atoms with Crippen molar-refractivity contribution < 1.29 is 28.7 Å². The van der Waals surface area contributed by atoms with Crippen LogP contribution in [-0.2, 0) is 0 Å². The Morgan fingerprint density at radius 3 is 1.15 bits per heavy atom. The van der Waals surface area contributed by atoms with Gasteiger partial charge in [-0.2, -0.15) is 0 Å². The highest BCUT2D eigenvalue weighted by molar-refractivity contribution is 6.33. The van der Waals surface area contributed by atoms with E-state index in [1.807, 2.05) is 0 Å². The van der Waals surface area contributed by atoms with Gasteiger partial charge in [-0.25, -0.2) is 0 Å². The second-order valence-corrected chi connectivity index (χ2v) is 9.97. The van der Waals surface area contributed by atoms with Gasteiger partial charge in [0.1, 0.15) is 24.7 Å².